The Labute approximate surface area is 146 Å². The maximum atomic E-state index is 12.1. The van der Waals surface area contributed by atoms with Crippen molar-refractivity contribution >= 4 is 34.0 Å². The Morgan fingerprint density at radius 2 is 2.12 bits per heavy atom. The van der Waals surface area contributed by atoms with Crippen LogP contribution in [-0.4, -0.2) is 25.8 Å². The van der Waals surface area contributed by atoms with Gasteiger partial charge >= 0.3 is 5.97 Å². The van der Waals surface area contributed by atoms with E-state index in [1.165, 1.54) is 33.7 Å². The van der Waals surface area contributed by atoms with Crippen molar-refractivity contribution in [2.45, 2.75) is 30.6 Å². The molecule has 1 aromatic carbocycles. The zero-order valence-corrected chi connectivity index (χ0v) is 14.8. The van der Waals surface area contributed by atoms with E-state index >= 15 is 0 Å². The van der Waals surface area contributed by atoms with Gasteiger partial charge in [0.25, 0.3) is 5.56 Å². The second kappa shape index (κ2) is 7.14. The molecule has 3 aromatic rings. The van der Waals surface area contributed by atoms with Crippen LogP contribution < -0.4 is 5.56 Å². The van der Waals surface area contributed by atoms with Gasteiger partial charge in [0.2, 0.25) is 4.96 Å². The van der Waals surface area contributed by atoms with E-state index in [1.807, 2.05) is 30.3 Å². The Morgan fingerprint density at radius 1 is 1.38 bits per heavy atom. The maximum absolute atomic E-state index is 12.1. The molecular weight excluding hydrogens is 346 g/mol. The lowest BCUT2D eigenvalue weighted by atomic mass is 10.4. The number of aromatic nitrogens is 3. The molecule has 124 valence electrons. The number of aryl methyl sites for hydroxylation is 1. The minimum atomic E-state index is -0.329. The molecule has 0 aliphatic carbocycles. The molecule has 0 bridgehead atoms. The third-order valence-electron chi connectivity index (χ3n) is 3.14. The number of hydrogen-bond acceptors (Lipinski definition) is 7. The number of esters is 1. The third-order valence-corrected chi connectivity index (χ3v) is 5.11. The van der Waals surface area contributed by atoms with Crippen LogP contribution in [0.25, 0.3) is 4.96 Å². The smallest absolute Gasteiger partial charge is 0.319 e. The molecule has 2 aromatic heterocycles. The Balaban J connectivity index is 1.64. The van der Waals surface area contributed by atoms with Gasteiger partial charge in [0.05, 0.1) is 0 Å². The summed E-state index contributed by atoms with van der Waals surface area (Å²) >= 11 is 2.68. The van der Waals surface area contributed by atoms with Crippen molar-refractivity contribution in [2.24, 2.45) is 0 Å². The predicted molar refractivity (Wildman–Crippen MR) is 93.4 cm³/mol. The Kier molecular flexibility index (Phi) is 4.96. The number of ether oxygens (including phenoxy) is 1. The fourth-order valence-electron chi connectivity index (χ4n) is 2.02. The summed E-state index contributed by atoms with van der Waals surface area (Å²) in [6.07, 6.45) is 0. The number of thioether (sulfide) groups is 1. The van der Waals surface area contributed by atoms with Crippen molar-refractivity contribution in [1.29, 1.82) is 0 Å². The lowest BCUT2D eigenvalue weighted by Gasteiger charge is -2.10. The SMILES string of the molecule is Cc1cc(=O)n2nc(COC(=O)[C@H](C)Sc3ccccc3)sc2n1. The molecule has 2 heterocycles. The normalized spacial score (nSPS) is 12.2. The van der Waals surface area contributed by atoms with E-state index in [0.717, 1.165) is 4.90 Å². The molecule has 0 aliphatic rings. The topological polar surface area (TPSA) is 73.6 Å². The van der Waals surface area contributed by atoms with Gasteiger partial charge in [-0.2, -0.15) is 9.61 Å². The van der Waals surface area contributed by atoms with E-state index in [1.54, 1.807) is 13.8 Å². The van der Waals surface area contributed by atoms with E-state index in [4.69, 9.17) is 4.74 Å². The van der Waals surface area contributed by atoms with E-state index in [0.29, 0.717) is 15.7 Å². The van der Waals surface area contributed by atoms with Gasteiger partial charge < -0.3 is 4.74 Å². The van der Waals surface area contributed by atoms with Crippen molar-refractivity contribution in [2.75, 3.05) is 0 Å². The number of hydrogen-bond donors (Lipinski definition) is 0. The highest BCUT2D eigenvalue weighted by molar-refractivity contribution is 8.00. The molecule has 3 rings (SSSR count). The second-order valence-electron chi connectivity index (χ2n) is 5.11. The van der Waals surface area contributed by atoms with E-state index < -0.39 is 0 Å². The average molecular weight is 361 g/mol. The van der Waals surface area contributed by atoms with Crippen LogP contribution in [0.5, 0.6) is 0 Å². The molecule has 0 unspecified atom stereocenters. The average Bonchev–Trinajstić information content (AvgIpc) is 2.96. The lowest BCUT2D eigenvalue weighted by Crippen LogP contribution is -2.17. The van der Waals surface area contributed by atoms with Gasteiger partial charge in [0.1, 0.15) is 11.9 Å². The summed E-state index contributed by atoms with van der Waals surface area (Å²) in [5.41, 5.74) is 0.402. The highest BCUT2D eigenvalue weighted by Gasteiger charge is 2.17. The first-order valence-electron chi connectivity index (χ1n) is 7.27. The molecule has 0 fully saturated rings. The molecule has 6 nitrogen and oxygen atoms in total. The van der Waals surface area contributed by atoms with Gasteiger partial charge in [0, 0.05) is 16.7 Å². The molecule has 8 heteroatoms. The predicted octanol–water partition coefficient (Wildman–Crippen LogP) is 2.68. The molecule has 0 N–H and O–H groups in total. The monoisotopic (exact) mass is 361 g/mol. The molecule has 0 saturated carbocycles. The first-order chi connectivity index (χ1) is 11.5. The van der Waals surface area contributed by atoms with Crippen LogP contribution >= 0.6 is 23.1 Å². The highest BCUT2D eigenvalue weighted by atomic mass is 32.2. The maximum Gasteiger partial charge on any atom is 0.319 e. The van der Waals surface area contributed by atoms with Crippen molar-refractivity contribution in [3.8, 4) is 0 Å². The van der Waals surface area contributed by atoms with E-state index in [2.05, 4.69) is 10.1 Å². The highest BCUT2D eigenvalue weighted by Crippen LogP contribution is 2.24. The van der Waals surface area contributed by atoms with E-state index in [9.17, 15) is 9.59 Å². The van der Waals surface area contributed by atoms with Crippen LogP contribution in [-0.2, 0) is 16.1 Å². The first-order valence-corrected chi connectivity index (χ1v) is 8.97. The number of fused-ring (bicyclic) bond motifs is 1. The summed E-state index contributed by atoms with van der Waals surface area (Å²) < 4.78 is 6.53. The van der Waals surface area contributed by atoms with Gasteiger partial charge in [-0.1, -0.05) is 29.5 Å². The van der Waals surface area contributed by atoms with Crippen molar-refractivity contribution < 1.29 is 9.53 Å². The number of benzene rings is 1. The molecule has 0 radical (unpaired) electrons. The van der Waals surface area contributed by atoms with Crippen molar-refractivity contribution in [3.05, 3.63) is 57.5 Å². The summed E-state index contributed by atoms with van der Waals surface area (Å²) in [4.78, 5) is 29.7. The molecule has 0 saturated heterocycles. The summed E-state index contributed by atoms with van der Waals surface area (Å²) in [7, 11) is 0. The number of carbonyl (C=O) groups excluding carboxylic acids is 1. The fourth-order valence-corrected chi connectivity index (χ4v) is 3.76. The molecule has 0 amide bonds. The molecular formula is C16H15N3O3S2. The van der Waals surface area contributed by atoms with Gasteiger partial charge in [-0.05, 0) is 26.0 Å². The Hall–Kier alpha value is -2.19. The minimum Gasteiger partial charge on any atom is -0.457 e. The van der Waals surface area contributed by atoms with Crippen LogP contribution in [0.3, 0.4) is 0 Å². The zero-order valence-electron chi connectivity index (χ0n) is 13.1. The Bertz CT molecular complexity index is 921. The number of nitrogens with zero attached hydrogens (tertiary/aromatic N) is 3. The summed E-state index contributed by atoms with van der Waals surface area (Å²) in [5, 5.41) is 4.35. The molecule has 0 aliphatic heterocycles. The van der Waals surface area contributed by atoms with Crippen LogP contribution in [0.1, 0.15) is 17.6 Å². The van der Waals surface area contributed by atoms with E-state index in [-0.39, 0.29) is 23.4 Å². The summed E-state index contributed by atoms with van der Waals surface area (Å²) in [6.45, 7) is 3.59. The van der Waals surface area contributed by atoms with Gasteiger partial charge in [-0.15, -0.1) is 11.8 Å². The van der Waals surface area contributed by atoms with Crippen molar-refractivity contribution in [1.82, 2.24) is 14.6 Å². The van der Waals surface area contributed by atoms with Crippen LogP contribution in [0.4, 0.5) is 0 Å². The zero-order chi connectivity index (χ0) is 17.1. The minimum absolute atomic E-state index is 0.0328. The fraction of sp³-hybridized carbons (Fsp3) is 0.250. The lowest BCUT2D eigenvalue weighted by molar-refractivity contribution is -0.143. The quantitative estimate of drug-likeness (QED) is 0.514. The van der Waals surface area contributed by atoms with Gasteiger partial charge in [-0.25, -0.2) is 4.98 Å². The standard InChI is InChI=1S/C16H15N3O3S2/c1-10-8-14(20)19-16(17-10)24-13(18-19)9-22-15(21)11(2)23-12-6-4-3-5-7-12/h3-8,11H,9H2,1-2H3/t11-/m0/s1. The molecule has 24 heavy (non-hydrogen) atoms. The van der Waals surface area contributed by atoms with Crippen LogP contribution in [0, 0.1) is 6.92 Å². The third kappa shape index (κ3) is 3.82. The van der Waals surface area contributed by atoms with Crippen molar-refractivity contribution in [3.63, 3.8) is 0 Å². The van der Waals surface area contributed by atoms with Crippen LogP contribution in [0.2, 0.25) is 0 Å². The van der Waals surface area contributed by atoms with Gasteiger partial charge in [0.15, 0.2) is 5.01 Å². The molecule has 1 atom stereocenters. The summed E-state index contributed by atoms with van der Waals surface area (Å²) in [6, 6.07) is 11.1. The number of carbonyl (C=O) groups is 1. The Morgan fingerprint density at radius 3 is 2.88 bits per heavy atom. The van der Waals surface area contributed by atoms with Crippen LogP contribution in [0.15, 0.2) is 46.1 Å². The van der Waals surface area contributed by atoms with Gasteiger partial charge in [-0.3, -0.25) is 9.59 Å². The number of rotatable bonds is 5. The summed E-state index contributed by atoms with van der Waals surface area (Å²) in [5.74, 6) is -0.320. The molecule has 0 spiro atoms. The second-order valence-corrected chi connectivity index (χ2v) is 7.56. The largest absolute Gasteiger partial charge is 0.457 e. The first kappa shape index (κ1) is 16.7.